The Morgan fingerprint density at radius 1 is 1.26 bits per heavy atom. The minimum absolute atomic E-state index is 0.0621. The number of methoxy groups -OCH3 is 1. The maximum absolute atomic E-state index is 14.8. The number of hydrogen-bond acceptors (Lipinski definition) is 5. The van der Waals surface area contributed by atoms with Crippen LogP contribution < -0.4 is 11.1 Å². The van der Waals surface area contributed by atoms with Crippen molar-refractivity contribution in [3.05, 3.63) is 59.7 Å². The van der Waals surface area contributed by atoms with Gasteiger partial charge in [-0.15, -0.1) is 0 Å². The Labute approximate surface area is 217 Å². The average molecular weight is 532 g/mol. The second kappa shape index (κ2) is 11.0. The van der Waals surface area contributed by atoms with Gasteiger partial charge in [-0.3, -0.25) is 4.79 Å². The summed E-state index contributed by atoms with van der Waals surface area (Å²) in [5.74, 6) is -4.95. The number of nitrogens with two attached hydrogens (primary N) is 1. The standard InChI is InChI=1S/C27H29F4N5O2/c1-38-26(28)14-6-5-9-21(26)25(37)34-16-17-10-12-18(13-11-17)22-20(15-32)24(33)36(35-22)23(27(29,30)31)19-7-3-2-4-8-19/h5-6,9-14,19,21,23H,2-4,7-8,16,33H2,1H3,(H,34,37). The Kier molecular flexibility index (Phi) is 7.92. The molecule has 0 aliphatic heterocycles. The van der Waals surface area contributed by atoms with E-state index in [1.54, 1.807) is 30.3 Å². The first kappa shape index (κ1) is 27.4. The molecule has 2 aliphatic carbocycles. The molecule has 1 aromatic heterocycles. The molecule has 4 rings (SSSR count). The Hall–Kier alpha value is -3.65. The van der Waals surface area contributed by atoms with Crippen molar-refractivity contribution in [1.29, 1.82) is 5.26 Å². The summed E-state index contributed by atoms with van der Waals surface area (Å²) in [6, 6.07) is 6.47. The maximum Gasteiger partial charge on any atom is 0.411 e. The molecule has 1 heterocycles. The van der Waals surface area contributed by atoms with Gasteiger partial charge in [0.2, 0.25) is 11.8 Å². The highest BCUT2D eigenvalue weighted by Crippen LogP contribution is 2.45. The molecule has 3 N–H and O–H groups in total. The Morgan fingerprint density at radius 3 is 2.55 bits per heavy atom. The summed E-state index contributed by atoms with van der Waals surface area (Å²) in [7, 11) is 1.18. The van der Waals surface area contributed by atoms with Crippen LogP contribution in [-0.4, -0.2) is 34.8 Å². The summed E-state index contributed by atoms with van der Waals surface area (Å²) in [5, 5.41) is 16.5. The number of allylic oxidation sites excluding steroid dienone is 2. The number of amides is 1. The molecule has 2 aromatic rings. The lowest BCUT2D eigenvalue weighted by molar-refractivity contribution is -0.186. The van der Waals surface area contributed by atoms with Gasteiger partial charge in [0.25, 0.3) is 0 Å². The van der Waals surface area contributed by atoms with E-state index in [1.165, 1.54) is 25.3 Å². The van der Waals surface area contributed by atoms with Crippen molar-refractivity contribution in [3.63, 3.8) is 0 Å². The topological polar surface area (TPSA) is 106 Å². The predicted molar refractivity (Wildman–Crippen MR) is 133 cm³/mol. The van der Waals surface area contributed by atoms with Crippen LogP contribution in [0.2, 0.25) is 0 Å². The van der Waals surface area contributed by atoms with Crippen LogP contribution in [-0.2, 0) is 16.1 Å². The molecule has 1 aromatic carbocycles. The van der Waals surface area contributed by atoms with Crippen LogP contribution in [0.4, 0.5) is 23.4 Å². The van der Waals surface area contributed by atoms with Crippen LogP contribution >= 0.6 is 0 Å². The maximum atomic E-state index is 14.8. The summed E-state index contributed by atoms with van der Waals surface area (Å²) < 4.78 is 62.9. The van der Waals surface area contributed by atoms with Gasteiger partial charge in [0.05, 0.1) is 0 Å². The number of carbonyl (C=O) groups is 1. The molecular formula is C27H29F4N5O2. The van der Waals surface area contributed by atoms with E-state index < -0.39 is 35.8 Å². The van der Waals surface area contributed by atoms with E-state index >= 15 is 0 Å². The number of ether oxygens (including phenoxy) is 1. The molecule has 1 saturated carbocycles. The molecule has 0 bridgehead atoms. The number of alkyl halides is 4. The Bertz CT molecular complexity index is 1260. The molecule has 202 valence electrons. The van der Waals surface area contributed by atoms with Crippen molar-refractivity contribution in [2.24, 2.45) is 11.8 Å². The van der Waals surface area contributed by atoms with Crippen molar-refractivity contribution in [3.8, 4) is 17.3 Å². The normalized spacial score (nSPS) is 22.7. The molecule has 38 heavy (non-hydrogen) atoms. The highest BCUT2D eigenvalue weighted by molar-refractivity contribution is 5.82. The largest absolute Gasteiger partial charge is 0.411 e. The lowest BCUT2D eigenvalue weighted by atomic mass is 9.83. The zero-order valence-electron chi connectivity index (χ0n) is 20.8. The van der Waals surface area contributed by atoms with Crippen LogP contribution in [0.15, 0.2) is 48.6 Å². The zero-order valence-corrected chi connectivity index (χ0v) is 20.8. The zero-order chi connectivity index (χ0) is 27.5. The van der Waals surface area contributed by atoms with E-state index in [2.05, 4.69) is 10.4 Å². The predicted octanol–water partition coefficient (Wildman–Crippen LogP) is 5.36. The molecule has 0 radical (unpaired) electrons. The molecule has 7 nitrogen and oxygen atoms in total. The molecule has 1 amide bonds. The van der Waals surface area contributed by atoms with Crippen molar-refractivity contribution < 1.29 is 27.1 Å². The van der Waals surface area contributed by atoms with Gasteiger partial charge in [-0.1, -0.05) is 61.8 Å². The van der Waals surface area contributed by atoms with Gasteiger partial charge < -0.3 is 15.8 Å². The molecule has 1 fully saturated rings. The first-order valence-electron chi connectivity index (χ1n) is 12.4. The third-order valence-corrected chi connectivity index (χ3v) is 7.21. The smallest absolute Gasteiger partial charge is 0.383 e. The van der Waals surface area contributed by atoms with E-state index in [9.17, 15) is 27.6 Å². The van der Waals surface area contributed by atoms with Crippen LogP contribution in [0.5, 0.6) is 0 Å². The summed E-state index contributed by atoms with van der Waals surface area (Å²) >= 11 is 0. The highest BCUT2D eigenvalue weighted by Gasteiger charge is 2.48. The van der Waals surface area contributed by atoms with Crippen LogP contribution in [0.1, 0.15) is 49.3 Å². The summed E-state index contributed by atoms with van der Waals surface area (Å²) in [6.07, 6.45) is 4.18. The van der Waals surface area contributed by atoms with Gasteiger partial charge in [-0.05, 0) is 30.4 Å². The minimum Gasteiger partial charge on any atom is -0.383 e. The number of nitrogens with zero attached hydrogens (tertiary/aromatic N) is 3. The molecule has 3 unspecified atom stereocenters. The van der Waals surface area contributed by atoms with Crippen molar-refractivity contribution in [2.45, 2.75) is 56.7 Å². The van der Waals surface area contributed by atoms with Crippen molar-refractivity contribution in [2.75, 3.05) is 12.8 Å². The quantitative estimate of drug-likeness (QED) is 0.468. The van der Waals surface area contributed by atoms with Crippen LogP contribution in [0.3, 0.4) is 0 Å². The van der Waals surface area contributed by atoms with E-state index in [4.69, 9.17) is 10.5 Å². The third kappa shape index (κ3) is 5.45. The number of carbonyl (C=O) groups excluding carboxylic acids is 1. The Morgan fingerprint density at radius 2 is 1.95 bits per heavy atom. The summed E-state index contributed by atoms with van der Waals surface area (Å²) in [4.78, 5) is 12.6. The first-order chi connectivity index (χ1) is 18.1. The lowest BCUT2D eigenvalue weighted by Gasteiger charge is -2.32. The Balaban J connectivity index is 1.54. The number of benzene rings is 1. The van der Waals surface area contributed by atoms with E-state index in [-0.39, 0.29) is 23.6 Å². The summed E-state index contributed by atoms with van der Waals surface area (Å²) in [5.41, 5.74) is 7.06. The van der Waals surface area contributed by atoms with Gasteiger partial charge in [-0.2, -0.15) is 23.5 Å². The fourth-order valence-corrected chi connectivity index (χ4v) is 5.16. The van der Waals surface area contributed by atoms with E-state index in [0.717, 1.165) is 11.1 Å². The van der Waals surface area contributed by atoms with E-state index in [1.807, 2.05) is 6.07 Å². The number of rotatable bonds is 7. The van der Waals surface area contributed by atoms with Crippen LogP contribution in [0, 0.1) is 23.2 Å². The molecule has 3 atom stereocenters. The van der Waals surface area contributed by atoms with E-state index in [0.29, 0.717) is 36.8 Å². The molecule has 0 saturated heterocycles. The van der Waals surface area contributed by atoms with Crippen molar-refractivity contribution in [1.82, 2.24) is 15.1 Å². The number of anilines is 1. The fourth-order valence-electron chi connectivity index (χ4n) is 5.16. The second-order valence-corrected chi connectivity index (χ2v) is 9.59. The number of hydrogen-bond donors (Lipinski definition) is 2. The van der Waals surface area contributed by atoms with Crippen molar-refractivity contribution >= 4 is 11.7 Å². The third-order valence-electron chi connectivity index (χ3n) is 7.21. The number of nitriles is 1. The van der Waals surface area contributed by atoms with Gasteiger partial charge in [-0.25, -0.2) is 9.07 Å². The first-order valence-corrected chi connectivity index (χ1v) is 12.4. The molecule has 2 aliphatic rings. The number of aromatic nitrogens is 2. The monoisotopic (exact) mass is 531 g/mol. The number of nitrogens with one attached hydrogen (secondary N) is 1. The SMILES string of the molecule is COC1(F)C=CC=CC1C(=O)NCc1ccc(-c2nn(C(C3CCCCC3)C(F)(F)F)c(N)c2C#N)cc1. The molecule has 0 spiro atoms. The lowest BCUT2D eigenvalue weighted by Crippen LogP contribution is -2.43. The summed E-state index contributed by atoms with van der Waals surface area (Å²) in [6.45, 7) is 0.0759. The number of nitrogen functional groups attached to an aromatic ring is 1. The molecular weight excluding hydrogens is 502 g/mol. The molecule has 11 heteroatoms. The highest BCUT2D eigenvalue weighted by atomic mass is 19.4. The van der Waals surface area contributed by atoms with Gasteiger partial charge in [0.1, 0.15) is 29.1 Å². The average Bonchev–Trinajstić information content (AvgIpc) is 3.23. The van der Waals surface area contributed by atoms with Crippen LogP contribution in [0.25, 0.3) is 11.3 Å². The van der Waals surface area contributed by atoms with Gasteiger partial charge in [0, 0.05) is 19.2 Å². The van der Waals surface area contributed by atoms with Gasteiger partial charge in [0.15, 0.2) is 6.04 Å². The second-order valence-electron chi connectivity index (χ2n) is 9.59. The fraction of sp³-hybridized carbons (Fsp3) is 0.444. The van der Waals surface area contributed by atoms with Gasteiger partial charge >= 0.3 is 6.18 Å². The number of halogens is 4. The minimum atomic E-state index is -4.57.